The summed E-state index contributed by atoms with van der Waals surface area (Å²) in [6.07, 6.45) is 16.0. The van der Waals surface area contributed by atoms with Crippen LogP contribution in [0.3, 0.4) is 0 Å². The fourth-order valence-electron chi connectivity index (χ4n) is 2.05. The second-order valence-corrected chi connectivity index (χ2v) is 6.09. The molecule has 0 heterocycles. The van der Waals surface area contributed by atoms with Crippen LogP contribution in [0.4, 0.5) is 0 Å². The average molecular weight is 273 g/mol. The number of aliphatic hydroxyl groups is 1. The second kappa shape index (κ2) is 20.3. The Morgan fingerprint density at radius 3 is 1.47 bits per heavy atom. The molecule has 1 N–H and O–H groups in total. The van der Waals surface area contributed by atoms with Gasteiger partial charge in [-0.1, -0.05) is 98.3 Å². The molecule has 0 radical (unpaired) electrons. The molecule has 0 saturated carbocycles. The standard InChI is InChI=1S/C10H22O.C8H18/c1-2-3-4-5-6-7-8-9-10-11;1-4-5-6-7-8(2)3/h11H,2-10H2,1H3;8H,4-7H2,1-3H3. The molecule has 0 aliphatic rings. The normalized spacial score (nSPS) is 10.4. The summed E-state index contributed by atoms with van der Waals surface area (Å²) in [5, 5.41) is 8.51. The van der Waals surface area contributed by atoms with Gasteiger partial charge in [0.1, 0.15) is 0 Å². The Bertz CT molecular complexity index is 124. The molecule has 118 valence electrons. The van der Waals surface area contributed by atoms with Crippen LogP contribution in [0.25, 0.3) is 0 Å². The summed E-state index contributed by atoms with van der Waals surface area (Å²) in [4.78, 5) is 0. The summed E-state index contributed by atoms with van der Waals surface area (Å²) in [5.74, 6) is 0.904. The number of hydrogen-bond donors (Lipinski definition) is 1. The lowest BCUT2D eigenvalue weighted by Gasteiger charge is -2.00. The number of rotatable bonds is 12. The van der Waals surface area contributed by atoms with Gasteiger partial charge in [-0.15, -0.1) is 0 Å². The van der Waals surface area contributed by atoms with Crippen molar-refractivity contribution in [3.63, 3.8) is 0 Å². The fraction of sp³-hybridized carbons (Fsp3) is 1.00. The lowest BCUT2D eigenvalue weighted by molar-refractivity contribution is 0.282. The first-order valence-corrected chi connectivity index (χ1v) is 8.79. The van der Waals surface area contributed by atoms with E-state index in [0.29, 0.717) is 6.61 Å². The van der Waals surface area contributed by atoms with Crippen LogP contribution in [0.15, 0.2) is 0 Å². The first-order chi connectivity index (χ1) is 9.18. The van der Waals surface area contributed by atoms with E-state index < -0.39 is 0 Å². The van der Waals surface area contributed by atoms with Crippen molar-refractivity contribution in [2.75, 3.05) is 6.61 Å². The number of aliphatic hydroxyl groups excluding tert-OH is 1. The Hall–Kier alpha value is -0.0400. The van der Waals surface area contributed by atoms with Gasteiger partial charge in [0.2, 0.25) is 0 Å². The largest absolute Gasteiger partial charge is 0.396 e. The molecule has 0 saturated heterocycles. The van der Waals surface area contributed by atoms with Gasteiger partial charge < -0.3 is 5.11 Å². The molecule has 0 aromatic heterocycles. The first-order valence-electron chi connectivity index (χ1n) is 8.79. The topological polar surface area (TPSA) is 20.2 Å². The highest BCUT2D eigenvalue weighted by Gasteiger charge is 1.91. The van der Waals surface area contributed by atoms with E-state index in [4.69, 9.17) is 5.11 Å². The van der Waals surface area contributed by atoms with Crippen LogP contribution in [0, 0.1) is 5.92 Å². The van der Waals surface area contributed by atoms with E-state index in [0.717, 1.165) is 12.3 Å². The summed E-state index contributed by atoms with van der Waals surface area (Å²) in [6.45, 7) is 9.44. The lowest BCUT2D eigenvalue weighted by atomic mass is 10.1. The van der Waals surface area contributed by atoms with Crippen molar-refractivity contribution in [2.24, 2.45) is 5.92 Å². The maximum absolute atomic E-state index is 8.51. The zero-order valence-electron chi connectivity index (χ0n) is 14.2. The molecule has 0 aromatic carbocycles. The summed E-state index contributed by atoms with van der Waals surface area (Å²) in [7, 11) is 0. The maximum Gasteiger partial charge on any atom is 0.0431 e. The Morgan fingerprint density at radius 1 is 0.632 bits per heavy atom. The monoisotopic (exact) mass is 272 g/mol. The maximum atomic E-state index is 8.51. The third-order valence-corrected chi connectivity index (χ3v) is 3.40. The molecular formula is C18H40O. The Balaban J connectivity index is 0. The minimum absolute atomic E-state index is 0.370. The van der Waals surface area contributed by atoms with Crippen LogP contribution < -0.4 is 0 Å². The van der Waals surface area contributed by atoms with Crippen molar-refractivity contribution in [3.8, 4) is 0 Å². The summed E-state index contributed by atoms with van der Waals surface area (Å²) in [6, 6.07) is 0. The van der Waals surface area contributed by atoms with Gasteiger partial charge in [0.05, 0.1) is 0 Å². The molecule has 0 rings (SSSR count). The van der Waals surface area contributed by atoms with E-state index in [9.17, 15) is 0 Å². The van der Waals surface area contributed by atoms with Crippen molar-refractivity contribution in [1.82, 2.24) is 0 Å². The quantitative estimate of drug-likeness (QED) is 0.411. The van der Waals surface area contributed by atoms with Gasteiger partial charge in [0.25, 0.3) is 0 Å². The van der Waals surface area contributed by atoms with Gasteiger partial charge in [-0.25, -0.2) is 0 Å². The Kier molecular flexibility index (Phi) is 22.7. The highest BCUT2D eigenvalue weighted by molar-refractivity contribution is 4.45. The molecule has 19 heavy (non-hydrogen) atoms. The van der Waals surface area contributed by atoms with Crippen molar-refractivity contribution in [1.29, 1.82) is 0 Å². The molecule has 0 fully saturated rings. The zero-order valence-corrected chi connectivity index (χ0v) is 14.2. The van der Waals surface area contributed by atoms with Crippen molar-refractivity contribution in [2.45, 2.75) is 105 Å². The smallest absolute Gasteiger partial charge is 0.0431 e. The molecule has 0 spiro atoms. The molecule has 0 aliphatic heterocycles. The van der Waals surface area contributed by atoms with E-state index in [1.165, 1.54) is 70.6 Å². The van der Waals surface area contributed by atoms with Gasteiger partial charge in [-0.2, -0.15) is 0 Å². The Labute approximate surface area is 123 Å². The van der Waals surface area contributed by atoms with Crippen molar-refractivity contribution in [3.05, 3.63) is 0 Å². The van der Waals surface area contributed by atoms with E-state index in [1.54, 1.807) is 0 Å². The van der Waals surface area contributed by atoms with Crippen LogP contribution >= 0.6 is 0 Å². The van der Waals surface area contributed by atoms with Gasteiger partial charge >= 0.3 is 0 Å². The molecular weight excluding hydrogens is 232 g/mol. The minimum atomic E-state index is 0.370. The van der Waals surface area contributed by atoms with Gasteiger partial charge in [0.15, 0.2) is 0 Å². The van der Waals surface area contributed by atoms with Gasteiger partial charge in [-0.05, 0) is 12.3 Å². The molecule has 0 aromatic rings. The van der Waals surface area contributed by atoms with Crippen molar-refractivity contribution < 1.29 is 5.11 Å². The summed E-state index contributed by atoms with van der Waals surface area (Å²) < 4.78 is 0. The molecule has 0 atom stereocenters. The number of hydrogen-bond acceptors (Lipinski definition) is 1. The summed E-state index contributed by atoms with van der Waals surface area (Å²) >= 11 is 0. The molecule has 0 bridgehead atoms. The van der Waals surface area contributed by atoms with E-state index in [2.05, 4.69) is 27.7 Å². The summed E-state index contributed by atoms with van der Waals surface area (Å²) in [5.41, 5.74) is 0. The van der Waals surface area contributed by atoms with Crippen LogP contribution in [0.1, 0.15) is 105 Å². The lowest BCUT2D eigenvalue weighted by Crippen LogP contribution is -1.85. The number of unbranched alkanes of at least 4 members (excludes halogenated alkanes) is 9. The van der Waals surface area contributed by atoms with Crippen LogP contribution in [-0.2, 0) is 0 Å². The fourth-order valence-corrected chi connectivity index (χ4v) is 2.05. The molecule has 0 aliphatic carbocycles. The predicted octanol–water partition coefficient (Wildman–Crippen LogP) is 6.34. The van der Waals surface area contributed by atoms with Gasteiger partial charge in [-0.3, -0.25) is 0 Å². The second-order valence-electron chi connectivity index (χ2n) is 6.09. The molecule has 1 heteroatoms. The van der Waals surface area contributed by atoms with Crippen LogP contribution in [0.2, 0.25) is 0 Å². The van der Waals surface area contributed by atoms with E-state index >= 15 is 0 Å². The Morgan fingerprint density at radius 2 is 1.05 bits per heavy atom. The third kappa shape index (κ3) is 27.2. The highest BCUT2D eigenvalue weighted by Crippen LogP contribution is 2.08. The first kappa shape index (κ1) is 21.3. The minimum Gasteiger partial charge on any atom is -0.396 e. The van der Waals surface area contributed by atoms with E-state index in [-0.39, 0.29) is 0 Å². The molecule has 0 amide bonds. The SMILES string of the molecule is CCCCCC(C)C.CCCCCCCCCCO. The van der Waals surface area contributed by atoms with Crippen LogP contribution in [0.5, 0.6) is 0 Å². The third-order valence-electron chi connectivity index (χ3n) is 3.40. The zero-order chi connectivity index (χ0) is 14.8. The highest BCUT2D eigenvalue weighted by atomic mass is 16.2. The molecule has 0 unspecified atom stereocenters. The predicted molar refractivity (Wildman–Crippen MR) is 88.7 cm³/mol. The van der Waals surface area contributed by atoms with Crippen LogP contribution in [-0.4, -0.2) is 11.7 Å². The van der Waals surface area contributed by atoms with Crippen molar-refractivity contribution >= 4 is 0 Å². The average Bonchev–Trinajstić information content (AvgIpc) is 2.39. The van der Waals surface area contributed by atoms with Gasteiger partial charge in [0, 0.05) is 6.61 Å². The molecule has 1 nitrogen and oxygen atoms in total. The van der Waals surface area contributed by atoms with E-state index in [1.807, 2.05) is 0 Å².